The minimum atomic E-state index is -0.288. The number of methoxy groups -OCH3 is 1. The van der Waals surface area contributed by atoms with Crippen molar-refractivity contribution in [2.24, 2.45) is 5.41 Å². The van der Waals surface area contributed by atoms with Gasteiger partial charge in [0.05, 0.1) is 21.6 Å². The Kier molecular flexibility index (Phi) is 3.30. The lowest BCUT2D eigenvalue weighted by atomic mass is 9.64. The zero-order valence-electron chi connectivity index (χ0n) is 11.5. The zero-order chi connectivity index (χ0) is 14.7. The van der Waals surface area contributed by atoms with Crippen molar-refractivity contribution in [3.8, 4) is 0 Å². The second kappa shape index (κ2) is 4.64. The van der Waals surface area contributed by atoms with Gasteiger partial charge in [-0.2, -0.15) is 0 Å². The fraction of sp³-hybridized carbons (Fsp3) is 0.500. The van der Waals surface area contributed by atoms with Crippen molar-refractivity contribution < 1.29 is 9.13 Å². The van der Waals surface area contributed by atoms with Gasteiger partial charge in [0.2, 0.25) is 0 Å². The number of ether oxygens (including phenoxy) is 1. The van der Waals surface area contributed by atoms with E-state index >= 15 is 0 Å². The Bertz CT molecular complexity index is 737. The van der Waals surface area contributed by atoms with Crippen LogP contribution in [0.1, 0.15) is 26.3 Å². The number of imidazole rings is 1. The molecule has 2 aromatic rings. The molecule has 1 N–H and O–H groups in total. The number of aromatic nitrogens is 2. The van der Waals surface area contributed by atoms with Crippen LogP contribution in [0.25, 0.3) is 11.0 Å². The van der Waals surface area contributed by atoms with Crippen LogP contribution in [-0.4, -0.2) is 22.8 Å². The molecule has 0 radical (unpaired) electrons. The zero-order valence-corrected chi connectivity index (χ0v) is 13.9. The van der Waals surface area contributed by atoms with Crippen LogP contribution in [0.4, 0.5) is 4.39 Å². The summed E-state index contributed by atoms with van der Waals surface area (Å²) in [6.45, 7) is 4.35. The summed E-state index contributed by atoms with van der Waals surface area (Å²) in [4.78, 5) is 3.09. The second-order valence-corrected chi connectivity index (χ2v) is 7.12. The molecule has 2 atom stereocenters. The van der Waals surface area contributed by atoms with E-state index in [-0.39, 0.29) is 23.4 Å². The van der Waals surface area contributed by atoms with Gasteiger partial charge in [-0.25, -0.2) is 4.39 Å². The van der Waals surface area contributed by atoms with Gasteiger partial charge in [-0.3, -0.25) is 0 Å². The molecule has 1 heterocycles. The molecule has 0 saturated heterocycles. The Balaban J connectivity index is 2.16. The molecular weight excluding hydrogens is 343 g/mol. The second-order valence-electron chi connectivity index (χ2n) is 5.88. The van der Waals surface area contributed by atoms with E-state index in [1.807, 2.05) is 0 Å². The molecule has 1 fully saturated rings. The maximum atomic E-state index is 13.6. The summed E-state index contributed by atoms with van der Waals surface area (Å²) in [5.74, 6) is -0.288. The number of rotatable bonds is 2. The van der Waals surface area contributed by atoms with Crippen molar-refractivity contribution in [2.75, 3.05) is 7.11 Å². The Morgan fingerprint density at radius 3 is 2.80 bits per heavy atom. The molecule has 1 saturated carbocycles. The summed E-state index contributed by atoms with van der Waals surface area (Å²) >= 11 is 8.66. The highest BCUT2D eigenvalue weighted by molar-refractivity contribution is 9.10. The van der Waals surface area contributed by atoms with Gasteiger partial charge >= 0.3 is 0 Å². The van der Waals surface area contributed by atoms with Crippen LogP contribution in [0.5, 0.6) is 0 Å². The molecule has 0 amide bonds. The number of H-pyrrole nitrogens is 1. The molecule has 3 rings (SSSR count). The summed E-state index contributed by atoms with van der Waals surface area (Å²) < 4.78 is 22.3. The lowest BCUT2D eigenvalue weighted by molar-refractivity contribution is -0.111. The maximum absolute atomic E-state index is 13.6. The molecule has 1 aromatic heterocycles. The van der Waals surface area contributed by atoms with Crippen molar-refractivity contribution in [1.29, 1.82) is 0 Å². The smallest absolute Gasteiger partial charge is 0.178 e. The molecule has 108 valence electrons. The Hall–Kier alpha value is -0.720. The SMILES string of the molecule is COC1CC(n2c(=S)[nH]c3cc(F)c(Br)cc32)C1(C)C. The topological polar surface area (TPSA) is 29.9 Å². The van der Waals surface area contributed by atoms with Crippen LogP contribution in [0, 0.1) is 16.0 Å². The predicted octanol–water partition coefficient (Wildman–Crippen LogP) is 4.59. The number of hydrogen-bond donors (Lipinski definition) is 1. The molecule has 1 aliphatic carbocycles. The first-order valence-electron chi connectivity index (χ1n) is 6.48. The quantitative estimate of drug-likeness (QED) is 0.795. The fourth-order valence-electron chi connectivity index (χ4n) is 3.13. The van der Waals surface area contributed by atoms with Crippen LogP contribution in [0.15, 0.2) is 16.6 Å². The lowest BCUT2D eigenvalue weighted by Gasteiger charge is -2.51. The minimum absolute atomic E-state index is 0.00294. The summed E-state index contributed by atoms with van der Waals surface area (Å²) in [6, 6.07) is 3.52. The third kappa shape index (κ3) is 1.89. The van der Waals surface area contributed by atoms with Crippen LogP contribution < -0.4 is 0 Å². The molecule has 20 heavy (non-hydrogen) atoms. The molecule has 1 aliphatic rings. The number of aromatic amines is 1. The standard InChI is InChI=1S/C14H16BrFN2OS/c1-14(2)11(6-12(14)19-3)18-10-4-7(15)8(16)5-9(10)17-13(18)20/h4-5,11-12H,6H2,1-3H3,(H,17,20). The van der Waals surface area contributed by atoms with E-state index in [9.17, 15) is 4.39 Å². The number of hydrogen-bond acceptors (Lipinski definition) is 2. The molecule has 0 aliphatic heterocycles. The molecule has 0 spiro atoms. The van der Waals surface area contributed by atoms with Crippen molar-refractivity contribution in [3.63, 3.8) is 0 Å². The van der Waals surface area contributed by atoms with Gasteiger partial charge in [0.25, 0.3) is 0 Å². The number of benzene rings is 1. The van der Waals surface area contributed by atoms with E-state index in [4.69, 9.17) is 17.0 Å². The first-order chi connectivity index (χ1) is 9.36. The molecular formula is C14H16BrFN2OS. The van der Waals surface area contributed by atoms with Gasteiger partial charge in [0.1, 0.15) is 5.82 Å². The third-order valence-corrected chi connectivity index (χ3v) is 5.39. The molecule has 0 bridgehead atoms. The van der Waals surface area contributed by atoms with Crippen LogP contribution in [0.3, 0.4) is 0 Å². The van der Waals surface area contributed by atoms with Crippen molar-refractivity contribution in [1.82, 2.24) is 9.55 Å². The van der Waals surface area contributed by atoms with Crippen molar-refractivity contribution in [2.45, 2.75) is 32.4 Å². The normalized spacial score (nSPS) is 24.9. The van der Waals surface area contributed by atoms with Gasteiger partial charge in [-0.15, -0.1) is 0 Å². The van der Waals surface area contributed by atoms with E-state index in [0.29, 0.717) is 9.24 Å². The average Bonchev–Trinajstić information content (AvgIpc) is 2.66. The molecule has 6 heteroatoms. The number of fused-ring (bicyclic) bond motifs is 1. The number of nitrogens with zero attached hydrogens (tertiary/aromatic N) is 1. The highest BCUT2D eigenvalue weighted by Gasteiger charge is 2.50. The van der Waals surface area contributed by atoms with E-state index in [2.05, 4.69) is 39.3 Å². The first kappa shape index (κ1) is 14.2. The third-order valence-electron chi connectivity index (χ3n) is 4.48. The van der Waals surface area contributed by atoms with Gasteiger partial charge in [-0.05, 0) is 40.6 Å². The average molecular weight is 359 g/mol. The fourth-order valence-corrected chi connectivity index (χ4v) is 3.80. The summed E-state index contributed by atoms with van der Waals surface area (Å²) in [5, 5.41) is 0. The van der Waals surface area contributed by atoms with Gasteiger partial charge in [0.15, 0.2) is 4.77 Å². The number of halogens is 2. The minimum Gasteiger partial charge on any atom is -0.381 e. The Morgan fingerprint density at radius 2 is 2.20 bits per heavy atom. The number of nitrogens with one attached hydrogen (secondary N) is 1. The van der Waals surface area contributed by atoms with Gasteiger partial charge in [0, 0.05) is 24.6 Å². The molecule has 2 unspecified atom stereocenters. The summed E-state index contributed by atoms with van der Waals surface area (Å²) in [5.41, 5.74) is 1.66. The van der Waals surface area contributed by atoms with E-state index in [1.54, 1.807) is 13.2 Å². The van der Waals surface area contributed by atoms with E-state index < -0.39 is 0 Å². The first-order valence-corrected chi connectivity index (χ1v) is 7.68. The van der Waals surface area contributed by atoms with Crippen molar-refractivity contribution in [3.05, 3.63) is 27.2 Å². The van der Waals surface area contributed by atoms with Crippen molar-refractivity contribution >= 4 is 39.2 Å². The summed E-state index contributed by atoms with van der Waals surface area (Å²) in [6.07, 6.45) is 1.14. The van der Waals surface area contributed by atoms with E-state index in [0.717, 1.165) is 17.5 Å². The van der Waals surface area contributed by atoms with Crippen LogP contribution in [-0.2, 0) is 4.74 Å². The highest BCUT2D eigenvalue weighted by atomic mass is 79.9. The van der Waals surface area contributed by atoms with E-state index in [1.165, 1.54) is 6.07 Å². The Morgan fingerprint density at radius 1 is 1.50 bits per heavy atom. The highest BCUT2D eigenvalue weighted by Crippen LogP contribution is 2.52. The van der Waals surface area contributed by atoms with Crippen LogP contribution >= 0.6 is 28.1 Å². The largest absolute Gasteiger partial charge is 0.381 e. The van der Waals surface area contributed by atoms with Crippen LogP contribution in [0.2, 0.25) is 0 Å². The monoisotopic (exact) mass is 358 g/mol. The Labute approximate surface area is 130 Å². The lowest BCUT2D eigenvalue weighted by Crippen LogP contribution is -2.51. The summed E-state index contributed by atoms with van der Waals surface area (Å²) in [7, 11) is 1.74. The molecule has 1 aromatic carbocycles. The van der Waals surface area contributed by atoms with Gasteiger partial charge in [-0.1, -0.05) is 13.8 Å². The maximum Gasteiger partial charge on any atom is 0.178 e. The molecule has 3 nitrogen and oxygen atoms in total. The van der Waals surface area contributed by atoms with Gasteiger partial charge < -0.3 is 14.3 Å². The predicted molar refractivity (Wildman–Crippen MR) is 83.0 cm³/mol.